The van der Waals surface area contributed by atoms with Crippen LogP contribution in [0, 0.1) is 12.8 Å². The number of hydrogen-bond acceptors (Lipinski definition) is 7. The van der Waals surface area contributed by atoms with Crippen LogP contribution < -0.4 is 9.46 Å². The lowest BCUT2D eigenvalue weighted by Crippen LogP contribution is -2.48. The zero-order valence-corrected chi connectivity index (χ0v) is 29.4. The lowest BCUT2D eigenvalue weighted by atomic mass is 10.0. The summed E-state index contributed by atoms with van der Waals surface area (Å²) in [5.74, 6) is -0.325. The van der Waals surface area contributed by atoms with Gasteiger partial charge in [-0.3, -0.25) is 14.3 Å². The molecule has 10 nitrogen and oxygen atoms in total. The summed E-state index contributed by atoms with van der Waals surface area (Å²) >= 11 is 0. The first-order valence-corrected chi connectivity index (χ1v) is 18.1. The summed E-state index contributed by atoms with van der Waals surface area (Å²) in [4.78, 5) is 30.9. The van der Waals surface area contributed by atoms with Crippen LogP contribution in [0.1, 0.15) is 61.5 Å². The molecule has 0 radical (unpaired) electrons. The first-order valence-electron chi connectivity index (χ1n) is 16.6. The summed E-state index contributed by atoms with van der Waals surface area (Å²) in [6, 6.07) is 20.2. The third kappa shape index (κ3) is 10.0. The Balaban J connectivity index is 1.63. The number of aliphatic hydroxyl groups excluding tert-OH is 1. The van der Waals surface area contributed by atoms with Gasteiger partial charge in [-0.1, -0.05) is 55.0 Å². The number of fused-ring (bicyclic) bond motifs is 1. The number of likely N-dealkylation sites (N-methyl/N-ethyl adjacent to an activating group) is 1. The summed E-state index contributed by atoms with van der Waals surface area (Å²) in [6.07, 6.45) is 2.01. The molecule has 3 aromatic rings. The third-order valence-corrected chi connectivity index (χ3v) is 10.1. The Morgan fingerprint density at radius 1 is 1.06 bits per heavy atom. The molecule has 0 saturated heterocycles. The Kier molecular flexibility index (Phi) is 13.0. The molecule has 2 amide bonds. The SMILES string of the molecule is Cc1ccc(S(=O)(=O)Nc2ccc3c(c2)C(=O)N([C@@H](C)CO)C[C@@H](C)[C@@H](CN(C)C(=O)Cc2ccccc2)OCCCC[C@H](C)O3)cc1. The van der Waals surface area contributed by atoms with Crippen molar-refractivity contribution in [3.8, 4) is 5.75 Å². The summed E-state index contributed by atoms with van der Waals surface area (Å²) in [7, 11) is -2.16. The van der Waals surface area contributed by atoms with Gasteiger partial charge in [-0.15, -0.1) is 0 Å². The van der Waals surface area contributed by atoms with Gasteiger partial charge < -0.3 is 24.4 Å². The number of sulfonamides is 1. The maximum absolute atomic E-state index is 14.4. The van der Waals surface area contributed by atoms with E-state index in [9.17, 15) is 23.1 Å². The van der Waals surface area contributed by atoms with E-state index < -0.39 is 22.0 Å². The Morgan fingerprint density at radius 3 is 2.46 bits per heavy atom. The van der Waals surface area contributed by atoms with E-state index in [1.807, 2.05) is 51.1 Å². The minimum absolute atomic E-state index is 0.0337. The van der Waals surface area contributed by atoms with Crippen molar-refractivity contribution in [3.05, 3.63) is 89.5 Å². The van der Waals surface area contributed by atoms with Gasteiger partial charge in [-0.2, -0.15) is 0 Å². The van der Waals surface area contributed by atoms with Crippen LogP contribution >= 0.6 is 0 Å². The van der Waals surface area contributed by atoms with E-state index in [-0.39, 0.29) is 59.8 Å². The Morgan fingerprint density at radius 2 is 1.77 bits per heavy atom. The average molecular weight is 680 g/mol. The quantitative estimate of drug-likeness (QED) is 0.315. The number of nitrogens with one attached hydrogen (secondary N) is 1. The predicted octanol–water partition coefficient (Wildman–Crippen LogP) is 5.29. The van der Waals surface area contributed by atoms with E-state index >= 15 is 0 Å². The first kappa shape index (κ1) is 36.9. The normalized spacial score (nSPS) is 20.2. The number of ether oxygens (including phenoxy) is 2. The summed E-state index contributed by atoms with van der Waals surface area (Å²) in [5.41, 5.74) is 2.26. The molecule has 1 heterocycles. The lowest BCUT2D eigenvalue weighted by Gasteiger charge is -2.36. The Bertz CT molecular complexity index is 1620. The summed E-state index contributed by atoms with van der Waals surface area (Å²) in [5, 5.41) is 10.2. The second-order valence-corrected chi connectivity index (χ2v) is 14.5. The molecule has 0 saturated carbocycles. The maximum Gasteiger partial charge on any atom is 0.261 e. The van der Waals surface area contributed by atoms with Gasteiger partial charge in [0.1, 0.15) is 5.75 Å². The third-order valence-electron chi connectivity index (χ3n) is 8.71. The highest BCUT2D eigenvalue weighted by molar-refractivity contribution is 7.92. The van der Waals surface area contributed by atoms with E-state index in [0.717, 1.165) is 24.0 Å². The number of carbonyl (C=O) groups excluding carboxylic acids is 2. The van der Waals surface area contributed by atoms with Gasteiger partial charge in [-0.05, 0) is 75.9 Å². The van der Waals surface area contributed by atoms with Gasteiger partial charge in [0, 0.05) is 38.3 Å². The number of benzene rings is 3. The lowest BCUT2D eigenvalue weighted by molar-refractivity contribution is -0.131. The van der Waals surface area contributed by atoms with Crippen molar-refractivity contribution >= 4 is 27.5 Å². The maximum atomic E-state index is 14.4. The molecule has 1 aliphatic rings. The van der Waals surface area contributed by atoms with Gasteiger partial charge in [0.25, 0.3) is 15.9 Å². The molecule has 0 aliphatic carbocycles. The highest BCUT2D eigenvalue weighted by atomic mass is 32.2. The number of nitrogens with zero attached hydrogens (tertiary/aromatic N) is 2. The molecular formula is C37H49N3O7S. The van der Waals surface area contributed by atoms with E-state index in [1.54, 1.807) is 48.0 Å². The topological polar surface area (TPSA) is 125 Å². The highest BCUT2D eigenvalue weighted by Gasteiger charge is 2.31. The molecule has 2 N–H and O–H groups in total. The summed E-state index contributed by atoms with van der Waals surface area (Å²) in [6.45, 7) is 8.31. The van der Waals surface area contributed by atoms with Gasteiger partial charge in [0.15, 0.2) is 0 Å². The van der Waals surface area contributed by atoms with Crippen LogP contribution in [0.15, 0.2) is 77.7 Å². The molecule has 260 valence electrons. The van der Waals surface area contributed by atoms with Crippen molar-refractivity contribution in [2.75, 3.05) is 38.1 Å². The molecule has 4 rings (SSSR count). The molecule has 0 unspecified atom stereocenters. The van der Waals surface area contributed by atoms with Crippen molar-refractivity contribution < 1.29 is 32.6 Å². The smallest absolute Gasteiger partial charge is 0.261 e. The van der Waals surface area contributed by atoms with Gasteiger partial charge in [-0.25, -0.2) is 8.42 Å². The number of hydrogen-bond donors (Lipinski definition) is 2. The van der Waals surface area contributed by atoms with Gasteiger partial charge >= 0.3 is 0 Å². The van der Waals surface area contributed by atoms with Crippen LogP contribution in [0.2, 0.25) is 0 Å². The molecule has 48 heavy (non-hydrogen) atoms. The van der Waals surface area contributed by atoms with Crippen molar-refractivity contribution in [2.45, 2.75) is 76.5 Å². The predicted molar refractivity (Wildman–Crippen MR) is 187 cm³/mol. The Labute approximate surface area is 285 Å². The molecule has 0 spiro atoms. The van der Waals surface area contributed by atoms with E-state index in [2.05, 4.69) is 4.72 Å². The number of aliphatic hydroxyl groups is 1. The molecule has 3 aromatic carbocycles. The van der Waals surface area contributed by atoms with E-state index in [1.165, 1.54) is 18.2 Å². The molecule has 11 heteroatoms. The zero-order valence-electron chi connectivity index (χ0n) is 28.6. The molecule has 1 aliphatic heterocycles. The Hall–Kier alpha value is -3.93. The van der Waals surface area contributed by atoms with Crippen molar-refractivity contribution in [3.63, 3.8) is 0 Å². The highest BCUT2D eigenvalue weighted by Crippen LogP contribution is 2.29. The molecule has 4 atom stereocenters. The van der Waals surface area contributed by atoms with Gasteiger partial charge in [0.05, 0.1) is 41.7 Å². The molecule has 0 aromatic heterocycles. The van der Waals surface area contributed by atoms with Crippen LogP contribution in [0.4, 0.5) is 5.69 Å². The fourth-order valence-electron chi connectivity index (χ4n) is 5.66. The van der Waals surface area contributed by atoms with Crippen LogP contribution in [0.3, 0.4) is 0 Å². The number of carbonyl (C=O) groups is 2. The van der Waals surface area contributed by atoms with E-state index in [0.29, 0.717) is 25.3 Å². The molecule has 0 bridgehead atoms. The monoisotopic (exact) mass is 679 g/mol. The number of rotatable bonds is 9. The first-order chi connectivity index (χ1) is 22.9. The molecular weight excluding hydrogens is 630 g/mol. The minimum atomic E-state index is -3.93. The number of amides is 2. The average Bonchev–Trinajstić information content (AvgIpc) is 3.06. The van der Waals surface area contributed by atoms with Crippen LogP contribution in [-0.4, -0.2) is 86.7 Å². The fraction of sp³-hybridized carbons (Fsp3) is 0.459. The van der Waals surface area contributed by atoms with Crippen LogP contribution in [0.25, 0.3) is 0 Å². The number of anilines is 1. The summed E-state index contributed by atoms with van der Waals surface area (Å²) < 4.78 is 41.7. The number of aryl methyl sites for hydroxylation is 1. The minimum Gasteiger partial charge on any atom is -0.490 e. The van der Waals surface area contributed by atoms with Crippen molar-refractivity contribution in [1.82, 2.24) is 9.80 Å². The van der Waals surface area contributed by atoms with Crippen molar-refractivity contribution in [2.24, 2.45) is 5.92 Å². The van der Waals surface area contributed by atoms with Crippen LogP contribution in [0.5, 0.6) is 5.75 Å². The standard InChI is InChI=1S/C37H49N3O7S/c1-26-14-17-32(18-15-26)48(44,45)38-31-16-19-34-33(22-31)37(43)40(28(3)25-41)23-27(2)35(46-20-10-9-11-29(4)47-34)24-39(5)36(42)21-30-12-7-6-8-13-30/h6-8,12-19,22,27-29,35,38,41H,9-11,20-21,23-25H2,1-5H3/t27-,28+,29+,35-/m1/s1. The molecule has 0 fully saturated rings. The zero-order chi connectivity index (χ0) is 34.8. The fourth-order valence-corrected chi connectivity index (χ4v) is 6.71. The van der Waals surface area contributed by atoms with Crippen LogP contribution in [-0.2, 0) is 26.0 Å². The largest absolute Gasteiger partial charge is 0.490 e. The van der Waals surface area contributed by atoms with Crippen molar-refractivity contribution in [1.29, 1.82) is 0 Å². The second-order valence-electron chi connectivity index (χ2n) is 12.9. The van der Waals surface area contributed by atoms with E-state index in [4.69, 9.17) is 9.47 Å². The second kappa shape index (κ2) is 16.9. The van der Waals surface area contributed by atoms with Gasteiger partial charge in [0.2, 0.25) is 5.91 Å².